The molecule has 0 radical (unpaired) electrons. The third-order valence-electron chi connectivity index (χ3n) is 3.07. The molecule has 1 aliphatic heterocycles. The van der Waals surface area contributed by atoms with Crippen molar-refractivity contribution in [1.82, 2.24) is 4.31 Å². The molecule has 1 fully saturated rings. The molecule has 1 aromatic rings. The molecule has 0 aromatic heterocycles. The van der Waals surface area contributed by atoms with Crippen LogP contribution < -0.4 is 0 Å². The highest BCUT2D eigenvalue weighted by Gasteiger charge is 2.33. The van der Waals surface area contributed by atoms with Crippen LogP contribution in [0.1, 0.15) is 12.5 Å². The van der Waals surface area contributed by atoms with Crippen molar-refractivity contribution in [2.45, 2.75) is 24.5 Å². The van der Waals surface area contributed by atoms with Gasteiger partial charge in [0.05, 0.1) is 19.8 Å². The lowest BCUT2D eigenvalue weighted by Crippen LogP contribution is -2.47. The van der Waals surface area contributed by atoms with Crippen molar-refractivity contribution in [2.24, 2.45) is 0 Å². The van der Waals surface area contributed by atoms with Crippen molar-refractivity contribution in [3.63, 3.8) is 0 Å². The zero-order chi connectivity index (χ0) is 14.0. The van der Waals surface area contributed by atoms with Gasteiger partial charge in [-0.15, -0.1) is 0 Å². The van der Waals surface area contributed by atoms with E-state index in [9.17, 15) is 12.8 Å². The van der Waals surface area contributed by atoms with Gasteiger partial charge in [-0.3, -0.25) is 0 Å². The minimum absolute atomic E-state index is 0.201. The molecule has 1 N–H and O–H groups in total. The summed E-state index contributed by atoms with van der Waals surface area (Å²) < 4.78 is 45.0. The summed E-state index contributed by atoms with van der Waals surface area (Å²) in [5.41, 5.74) is 0.362. The van der Waals surface area contributed by atoms with Crippen LogP contribution in [0.25, 0.3) is 0 Å². The fraction of sp³-hybridized carbons (Fsp3) is 0.500. The second-order valence-electron chi connectivity index (χ2n) is 4.46. The lowest BCUT2D eigenvalue weighted by molar-refractivity contribution is 0.0392. The third kappa shape index (κ3) is 2.79. The number of benzene rings is 1. The average molecular weight is 289 g/mol. The number of ether oxygens (including phenoxy) is 1. The fourth-order valence-electron chi connectivity index (χ4n) is 2.04. The van der Waals surface area contributed by atoms with E-state index >= 15 is 0 Å². The predicted molar refractivity (Wildman–Crippen MR) is 66.5 cm³/mol. The number of hydrogen-bond donors (Lipinski definition) is 1. The lowest BCUT2D eigenvalue weighted by atomic mass is 10.2. The zero-order valence-corrected chi connectivity index (χ0v) is 11.4. The molecule has 0 bridgehead atoms. The number of aliphatic hydroxyl groups excluding tert-OH is 1. The second kappa shape index (κ2) is 5.54. The van der Waals surface area contributed by atoms with Crippen LogP contribution in [0.5, 0.6) is 0 Å². The van der Waals surface area contributed by atoms with E-state index in [-0.39, 0.29) is 19.2 Å². The molecule has 0 aliphatic carbocycles. The summed E-state index contributed by atoms with van der Waals surface area (Å²) in [6, 6.07) is 3.25. The predicted octanol–water partition coefficient (Wildman–Crippen LogP) is 0.727. The summed E-state index contributed by atoms with van der Waals surface area (Å²) in [6.45, 7) is 2.17. The van der Waals surface area contributed by atoms with E-state index in [2.05, 4.69) is 0 Å². The second-order valence-corrected chi connectivity index (χ2v) is 6.32. The van der Waals surface area contributed by atoms with Crippen molar-refractivity contribution < 1.29 is 22.7 Å². The van der Waals surface area contributed by atoms with Gasteiger partial charge in [0.15, 0.2) is 0 Å². The van der Waals surface area contributed by atoms with Crippen LogP contribution >= 0.6 is 0 Å². The molecular formula is C12H16FNO4S. The van der Waals surface area contributed by atoms with Gasteiger partial charge in [0.2, 0.25) is 10.0 Å². The smallest absolute Gasteiger partial charge is 0.246 e. The molecule has 1 saturated heterocycles. The topological polar surface area (TPSA) is 66.8 Å². The summed E-state index contributed by atoms with van der Waals surface area (Å²) in [4.78, 5) is -0.396. The minimum atomic E-state index is -3.91. The van der Waals surface area contributed by atoms with Crippen LogP contribution in [0, 0.1) is 5.82 Å². The quantitative estimate of drug-likeness (QED) is 0.890. The van der Waals surface area contributed by atoms with Crippen LogP contribution in [0.3, 0.4) is 0 Å². The number of halogens is 1. The van der Waals surface area contributed by atoms with Gasteiger partial charge in [-0.05, 0) is 24.6 Å². The van der Waals surface area contributed by atoms with Gasteiger partial charge >= 0.3 is 0 Å². The van der Waals surface area contributed by atoms with Gasteiger partial charge in [0.1, 0.15) is 10.7 Å². The number of sulfonamides is 1. The summed E-state index contributed by atoms with van der Waals surface area (Å²) in [7, 11) is -3.91. The highest BCUT2D eigenvalue weighted by molar-refractivity contribution is 7.89. The van der Waals surface area contributed by atoms with E-state index in [0.717, 1.165) is 6.07 Å². The SMILES string of the molecule is CC1COCCN1S(=O)(=O)c1cc(CO)ccc1F. The van der Waals surface area contributed by atoms with Gasteiger partial charge in [-0.2, -0.15) is 4.31 Å². The number of morpholine rings is 1. The van der Waals surface area contributed by atoms with E-state index in [1.165, 1.54) is 16.4 Å². The maximum atomic E-state index is 13.8. The molecule has 1 aromatic carbocycles. The Morgan fingerprint density at radius 1 is 1.53 bits per heavy atom. The minimum Gasteiger partial charge on any atom is -0.392 e. The molecule has 0 saturated carbocycles. The fourth-order valence-corrected chi connectivity index (χ4v) is 3.76. The van der Waals surface area contributed by atoms with Crippen LogP contribution in [-0.4, -0.2) is 43.6 Å². The Morgan fingerprint density at radius 3 is 2.89 bits per heavy atom. The Morgan fingerprint density at radius 2 is 2.26 bits per heavy atom. The van der Waals surface area contributed by atoms with Gasteiger partial charge in [-0.1, -0.05) is 6.07 Å². The maximum absolute atomic E-state index is 13.8. The van der Waals surface area contributed by atoms with Crippen molar-refractivity contribution in [1.29, 1.82) is 0 Å². The monoisotopic (exact) mass is 289 g/mol. The summed E-state index contributed by atoms with van der Waals surface area (Å²) in [6.07, 6.45) is 0. The molecule has 1 aliphatic rings. The van der Waals surface area contributed by atoms with Crippen LogP contribution in [0.15, 0.2) is 23.1 Å². The van der Waals surface area contributed by atoms with Crippen molar-refractivity contribution in [3.05, 3.63) is 29.6 Å². The van der Waals surface area contributed by atoms with Gasteiger partial charge in [0, 0.05) is 12.6 Å². The third-order valence-corrected chi connectivity index (χ3v) is 5.10. The van der Waals surface area contributed by atoms with E-state index in [4.69, 9.17) is 9.84 Å². The Hall–Kier alpha value is -1.02. The zero-order valence-electron chi connectivity index (χ0n) is 10.5. The lowest BCUT2D eigenvalue weighted by Gasteiger charge is -2.32. The summed E-state index contributed by atoms with van der Waals surface area (Å²) in [5, 5.41) is 9.03. The van der Waals surface area contributed by atoms with Gasteiger partial charge in [-0.25, -0.2) is 12.8 Å². The van der Waals surface area contributed by atoms with Crippen LogP contribution in [0.2, 0.25) is 0 Å². The maximum Gasteiger partial charge on any atom is 0.246 e. The standard InChI is InChI=1S/C12H16FNO4S/c1-9-8-18-5-4-14(9)19(16,17)12-6-10(7-15)2-3-11(12)13/h2-3,6,9,15H,4-5,7-8H2,1H3. The number of aliphatic hydroxyl groups is 1. The van der Waals surface area contributed by atoms with E-state index < -0.39 is 20.7 Å². The Kier molecular flexibility index (Phi) is 4.19. The molecule has 2 rings (SSSR count). The highest BCUT2D eigenvalue weighted by atomic mass is 32.2. The Bertz CT molecular complexity index is 561. The highest BCUT2D eigenvalue weighted by Crippen LogP contribution is 2.24. The molecule has 5 nitrogen and oxygen atoms in total. The van der Waals surface area contributed by atoms with Gasteiger partial charge < -0.3 is 9.84 Å². The first-order chi connectivity index (χ1) is 8.96. The molecule has 1 atom stereocenters. The molecule has 1 heterocycles. The molecule has 7 heteroatoms. The van der Waals surface area contributed by atoms with Crippen LogP contribution in [-0.2, 0) is 21.4 Å². The first kappa shape index (κ1) is 14.4. The van der Waals surface area contributed by atoms with Crippen molar-refractivity contribution in [3.8, 4) is 0 Å². The number of nitrogens with zero attached hydrogens (tertiary/aromatic N) is 1. The average Bonchev–Trinajstić information content (AvgIpc) is 2.39. The number of hydrogen-bond acceptors (Lipinski definition) is 4. The summed E-state index contributed by atoms with van der Waals surface area (Å²) in [5.74, 6) is -0.809. The molecular weight excluding hydrogens is 273 g/mol. The van der Waals surface area contributed by atoms with Crippen molar-refractivity contribution >= 4 is 10.0 Å². The van der Waals surface area contributed by atoms with E-state index in [1.807, 2.05) is 0 Å². The first-order valence-electron chi connectivity index (χ1n) is 5.95. The molecule has 106 valence electrons. The van der Waals surface area contributed by atoms with Crippen molar-refractivity contribution in [2.75, 3.05) is 19.8 Å². The molecule has 19 heavy (non-hydrogen) atoms. The Balaban J connectivity index is 2.43. The van der Waals surface area contributed by atoms with E-state index in [0.29, 0.717) is 18.8 Å². The largest absolute Gasteiger partial charge is 0.392 e. The molecule has 0 spiro atoms. The Labute approximate surface area is 111 Å². The number of rotatable bonds is 3. The molecule has 1 unspecified atom stereocenters. The first-order valence-corrected chi connectivity index (χ1v) is 7.39. The van der Waals surface area contributed by atoms with Gasteiger partial charge in [0.25, 0.3) is 0 Å². The van der Waals surface area contributed by atoms with Crippen LogP contribution in [0.4, 0.5) is 4.39 Å². The summed E-state index contributed by atoms with van der Waals surface area (Å²) >= 11 is 0. The van der Waals surface area contributed by atoms with E-state index in [1.54, 1.807) is 6.92 Å². The normalized spacial score (nSPS) is 21.5. The molecule has 0 amide bonds.